The molecule has 1 aliphatic heterocycles. The van der Waals surface area contributed by atoms with Gasteiger partial charge in [-0.2, -0.15) is 5.10 Å². The van der Waals surface area contributed by atoms with Gasteiger partial charge >= 0.3 is 0 Å². The summed E-state index contributed by atoms with van der Waals surface area (Å²) in [4.78, 5) is 18.9. The van der Waals surface area contributed by atoms with Crippen LogP contribution in [0.5, 0.6) is 0 Å². The Kier molecular flexibility index (Phi) is 3.84. The smallest absolute Gasteiger partial charge is 0.276 e. The first kappa shape index (κ1) is 15.3. The molecule has 1 saturated heterocycles. The summed E-state index contributed by atoms with van der Waals surface area (Å²) >= 11 is 0. The standard InChI is InChI=1S/C16H21N5O3/c1-9(2)14-17-15(19-18-14)13-8-21(5-6-23-13)16(22)11-7-12(24-20-11)10-3-4-10/h7,9-10,13H,3-6,8H2,1-2H3,(H,17,18,19)/t13-/m0/s1. The molecule has 1 amide bonds. The number of H-pyrrole nitrogens is 1. The average Bonchev–Trinajstić information content (AvgIpc) is 3.13. The van der Waals surface area contributed by atoms with Gasteiger partial charge in [0.25, 0.3) is 5.91 Å². The lowest BCUT2D eigenvalue weighted by Gasteiger charge is -2.31. The number of aromatic nitrogens is 4. The Morgan fingerprint density at radius 3 is 2.96 bits per heavy atom. The number of hydrogen-bond acceptors (Lipinski definition) is 6. The van der Waals surface area contributed by atoms with Crippen LogP contribution in [0.25, 0.3) is 0 Å². The number of hydrogen-bond donors (Lipinski definition) is 1. The van der Waals surface area contributed by atoms with Gasteiger partial charge in [0, 0.05) is 24.4 Å². The van der Waals surface area contributed by atoms with E-state index in [1.807, 2.05) is 13.8 Å². The summed E-state index contributed by atoms with van der Waals surface area (Å²) in [6, 6.07) is 1.77. The monoisotopic (exact) mass is 331 g/mol. The normalized spacial score (nSPS) is 21.5. The lowest BCUT2D eigenvalue weighted by molar-refractivity contribution is -0.0269. The Labute approximate surface area is 139 Å². The van der Waals surface area contributed by atoms with Crippen LogP contribution in [0.3, 0.4) is 0 Å². The second kappa shape index (κ2) is 6.01. The molecular weight excluding hydrogens is 310 g/mol. The summed E-state index contributed by atoms with van der Waals surface area (Å²) in [6.45, 7) is 5.49. The van der Waals surface area contributed by atoms with Crippen LogP contribution in [0, 0.1) is 0 Å². The number of aromatic amines is 1. The van der Waals surface area contributed by atoms with Crippen LogP contribution in [0.15, 0.2) is 10.6 Å². The largest absolute Gasteiger partial charge is 0.367 e. The van der Waals surface area contributed by atoms with Crippen LogP contribution in [-0.2, 0) is 4.74 Å². The third-order valence-corrected chi connectivity index (χ3v) is 4.42. The molecule has 1 saturated carbocycles. The van der Waals surface area contributed by atoms with Gasteiger partial charge in [-0.25, -0.2) is 4.98 Å². The van der Waals surface area contributed by atoms with Crippen molar-refractivity contribution in [1.82, 2.24) is 25.2 Å². The molecule has 8 heteroatoms. The Balaban J connectivity index is 1.45. The molecule has 0 spiro atoms. The second-order valence-electron chi connectivity index (χ2n) is 6.73. The van der Waals surface area contributed by atoms with Crippen LogP contribution in [0.4, 0.5) is 0 Å². The van der Waals surface area contributed by atoms with Crippen molar-refractivity contribution in [3.8, 4) is 0 Å². The minimum absolute atomic E-state index is 0.123. The minimum atomic E-state index is -0.294. The van der Waals surface area contributed by atoms with Crippen molar-refractivity contribution in [1.29, 1.82) is 0 Å². The summed E-state index contributed by atoms with van der Waals surface area (Å²) in [7, 11) is 0. The molecule has 8 nitrogen and oxygen atoms in total. The highest BCUT2D eigenvalue weighted by Crippen LogP contribution is 2.40. The van der Waals surface area contributed by atoms with Crippen LogP contribution >= 0.6 is 0 Å². The van der Waals surface area contributed by atoms with Crippen molar-refractivity contribution in [2.75, 3.05) is 19.7 Å². The number of morpholine rings is 1. The lowest BCUT2D eigenvalue weighted by atomic mass is 10.2. The number of amides is 1. The van der Waals surface area contributed by atoms with E-state index in [9.17, 15) is 4.79 Å². The molecule has 1 aliphatic carbocycles. The van der Waals surface area contributed by atoms with Crippen molar-refractivity contribution in [3.63, 3.8) is 0 Å². The Morgan fingerprint density at radius 1 is 1.42 bits per heavy atom. The quantitative estimate of drug-likeness (QED) is 0.920. The van der Waals surface area contributed by atoms with Gasteiger partial charge in [0.1, 0.15) is 11.9 Å². The first-order valence-corrected chi connectivity index (χ1v) is 8.41. The molecular formula is C16H21N5O3. The van der Waals surface area contributed by atoms with E-state index in [0.29, 0.717) is 37.1 Å². The molecule has 2 aliphatic rings. The fourth-order valence-corrected chi connectivity index (χ4v) is 2.80. The Bertz CT molecular complexity index is 734. The van der Waals surface area contributed by atoms with E-state index in [2.05, 4.69) is 20.3 Å². The molecule has 2 aromatic rings. The molecule has 24 heavy (non-hydrogen) atoms. The molecule has 1 N–H and O–H groups in total. The molecule has 2 fully saturated rings. The Hall–Kier alpha value is -2.22. The van der Waals surface area contributed by atoms with Crippen LogP contribution in [-0.4, -0.2) is 50.8 Å². The van der Waals surface area contributed by atoms with Crippen molar-refractivity contribution in [2.24, 2.45) is 0 Å². The number of carbonyl (C=O) groups excluding carboxylic acids is 1. The first-order chi connectivity index (χ1) is 11.6. The summed E-state index contributed by atoms with van der Waals surface area (Å²) in [5.74, 6) is 2.80. The van der Waals surface area contributed by atoms with Gasteiger partial charge < -0.3 is 14.2 Å². The topological polar surface area (TPSA) is 97.1 Å². The summed E-state index contributed by atoms with van der Waals surface area (Å²) in [6.07, 6.45) is 1.94. The number of rotatable bonds is 4. The second-order valence-corrected chi connectivity index (χ2v) is 6.73. The predicted molar refractivity (Wildman–Crippen MR) is 83.5 cm³/mol. The highest BCUT2D eigenvalue weighted by molar-refractivity contribution is 5.92. The van der Waals surface area contributed by atoms with E-state index < -0.39 is 0 Å². The van der Waals surface area contributed by atoms with E-state index in [0.717, 1.165) is 24.4 Å². The van der Waals surface area contributed by atoms with E-state index >= 15 is 0 Å². The van der Waals surface area contributed by atoms with Crippen LogP contribution in [0.2, 0.25) is 0 Å². The number of nitrogens with zero attached hydrogens (tertiary/aromatic N) is 4. The summed E-state index contributed by atoms with van der Waals surface area (Å²) in [5.41, 5.74) is 0.373. The molecule has 0 bridgehead atoms. The van der Waals surface area contributed by atoms with Gasteiger partial charge in [0.2, 0.25) is 0 Å². The van der Waals surface area contributed by atoms with Crippen molar-refractivity contribution >= 4 is 5.91 Å². The van der Waals surface area contributed by atoms with E-state index in [4.69, 9.17) is 9.26 Å². The average molecular weight is 331 g/mol. The number of carbonyl (C=O) groups is 1. The SMILES string of the molecule is CC(C)c1n[nH]c([C@@H]2CN(C(=O)c3cc(C4CC4)on3)CCO2)n1. The van der Waals surface area contributed by atoms with Crippen molar-refractivity contribution in [2.45, 2.75) is 44.6 Å². The molecule has 0 aromatic carbocycles. The van der Waals surface area contributed by atoms with Gasteiger partial charge in [-0.1, -0.05) is 19.0 Å². The minimum Gasteiger partial charge on any atom is -0.367 e. The molecule has 3 heterocycles. The fourth-order valence-electron chi connectivity index (χ4n) is 2.80. The third-order valence-electron chi connectivity index (χ3n) is 4.42. The summed E-state index contributed by atoms with van der Waals surface area (Å²) in [5, 5.41) is 11.1. The number of nitrogens with one attached hydrogen (secondary N) is 1. The molecule has 4 rings (SSSR count). The third kappa shape index (κ3) is 2.93. The van der Waals surface area contributed by atoms with Crippen LogP contribution < -0.4 is 0 Å². The number of ether oxygens (including phenoxy) is 1. The predicted octanol–water partition coefficient (Wildman–Crippen LogP) is 2.01. The zero-order valence-corrected chi connectivity index (χ0v) is 13.9. The van der Waals surface area contributed by atoms with Gasteiger partial charge in [0.05, 0.1) is 13.2 Å². The Morgan fingerprint density at radius 2 is 2.25 bits per heavy atom. The van der Waals surface area contributed by atoms with Crippen LogP contribution in [0.1, 0.15) is 72.5 Å². The zero-order chi connectivity index (χ0) is 16.7. The molecule has 2 aromatic heterocycles. The maximum atomic E-state index is 12.6. The molecule has 0 radical (unpaired) electrons. The molecule has 0 unspecified atom stereocenters. The fraction of sp³-hybridized carbons (Fsp3) is 0.625. The maximum Gasteiger partial charge on any atom is 0.276 e. The van der Waals surface area contributed by atoms with Gasteiger partial charge in [0.15, 0.2) is 17.3 Å². The van der Waals surface area contributed by atoms with Gasteiger partial charge in [-0.3, -0.25) is 9.89 Å². The first-order valence-electron chi connectivity index (χ1n) is 8.41. The van der Waals surface area contributed by atoms with E-state index in [1.165, 1.54) is 0 Å². The van der Waals surface area contributed by atoms with Crippen molar-refractivity contribution < 1.29 is 14.1 Å². The van der Waals surface area contributed by atoms with E-state index in [1.54, 1.807) is 11.0 Å². The van der Waals surface area contributed by atoms with E-state index in [-0.39, 0.29) is 17.9 Å². The molecule has 1 atom stereocenters. The maximum absolute atomic E-state index is 12.6. The van der Waals surface area contributed by atoms with Gasteiger partial charge in [-0.05, 0) is 12.8 Å². The lowest BCUT2D eigenvalue weighted by Crippen LogP contribution is -2.42. The summed E-state index contributed by atoms with van der Waals surface area (Å²) < 4.78 is 11.0. The van der Waals surface area contributed by atoms with Crippen molar-refractivity contribution in [3.05, 3.63) is 29.2 Å². The zero-order valence-electron chi connectivity index (χ0n) is 13.9. The highest BCUT2D eigenvalue weighted by atomic mass is 16.5. The molecule has 128 valence electrons. The van der Waals surface area contributed by atoms with Gasteiger partial charge in [-0.15, -0.1) is 0 Å². The highest BCUT2D eigenvalue weighted by Gasteiger charge is 2.32.